The van der Waals surface area contributed by atoms with Gasteiger partial charge in [-0.25, -0.2) is 4.79 Å². The van der Waals surface area contributed by atoms with Gasteiger partial charge in [-0.3, -0.25) is 4.79 Å². The third-order valence-electron chi connectivity index (χ3n) is 4.22. The maximum Gasteiger partial charge on any atom is 0.335 e. The maximum absolute atomic E-state index is 12.8. The van der Waals surface area contributed by atoms with E-state index in [0.29, 0.717) is 12.1 Å². The number of carboxylic acids is 1. The second kappa shape index (κ2) is 7.53. The van der Waals surface area contributed by atoms with Crippen LogP contribution in [0, 0.1) is 0 Å². The van der Waals surface area contributed by atoms with Crippen molar-refractivity contribution in [3.63, 3.8) is 0 Å². The summed E-state index contributed by atoms with van der Waals surface area (Å²) >= 11 is 1.85. The number of hydrogen-bond donors (Lipinski definition) is 1. The Morgan fingerprint density at radius 1 is 1.08 bits per heavy atom. The average molecular weight is 341 g/mol. The molecule has 1 saturated heterocycles. The van der Waals surface area contributed by atoms with E-state index in [-0.39, 0.29) is 23.9 Å². The molecule has 124 valence electrons. The Balaban J connectivity index is 1.82. The molecule has 0 saturated carbocycles. The molecule has 0 radical (unpaired) electrons. The molecule has 0 bridgehead atoms. The Labute approximate surface area is 145 Å². The van der Waals surface area contributed by atoms with Gasteiger partial charge in [-0.2, -0.15) is 11.8 Å². The Bertz CT molecular complexity index is 732. The molecular weight excluding hydrogens is 322 g/mol. The molecule has 0 aromatic heterocycles. The van der Waals surface area contributed by atoms with Crippen LogP contribution in [0.2, 0.25) is 0 Å². The molecule has 1 fully saturated rings. The van der Waals surface area contributed by atoms with Gasteiger partial charge in [0.15, 0.2) is 0 Å². The average Bonchev–Trinajstić information content (AvgIpc) is 2.62. The molecule has 1 unspecified atom stereocenters. The fraction of sp³-hybridized carbons (Fsp3) is 0.263. The number of rotatable bonds is 4. The normalized spacial score (nSPS) is 17.5. The lowest BCUT2D eigenvalue weighted by Crippen LogP contribution is -2.41. The van der Waals surface area contributed by atoms with Crippen molar-refractivity contribution in [3.8, 4) is 0 Å². The predicted molar refractivity (Wildman–Crippen MR) is 95.3 cm³/mol. The first-order valence-electron chi connectivity index (χ1n) is 7.90. The minimum absolute atomic E-state index is 0.0159. The highest BCUT2D eigenvalue weighted by Gasteiger charge is 2.28. The minimum atomic E-state index is -0.993. The first-order valence-corrected chi connectivity index (χ1v) is 9.05. The molecule has 5 heteroatoms. The van der Waals surface area contributed by atoms with Crippen molar-refractivity contribution in [2.45, 2.75) is 12.5 Å². The van der Waals surface area contributed by atoms with Crippen LogP contribution < -0.4 is 0 Å². The van der Waals surface area contributed by atoms with Crippen LogP contribution in [0.3, 0.4) is 0 Å². The van der Waals surface area contributed by atoms with Crippen LogP contribution in [-0.2, 0) is 11.2 Å². The number of aromatic carboxylic acids is 1. The van der Waals surface area contributed by atoms with Gasteiger partial charge in [-0.15, -0.1) is 0 Å². The summed E-state index contributed by atoms with van der Waals surface area (Å²) in [6, 6.07) is 16.8. The summed E-state index contributed by atoms with van der Waals surface area (Å²) in [5, 5.41) is 9.29. The lowest BCUT2D eigenvalue weighted by atomic mass is 10.0. The standard InChI is InChI=1S/C19H19NO3S/c21-18(12-15-8-4-5-9-16(15)19(22)23)20-10-11-24-13-17(20)14-6-2-1-3-7-14/h1-9,17H,10-13H2,(H,22,23). The number of thioether (sulfide) groups is 1. The lowest BCUT2D eigenvalue weighted by Gasteiger charge is -2.36. The third kappa shape index (κ3) is 3.62. The molecule has 1 N–H and O–H groups in total. The van der Waals surface area contributed by atoms with E-state index in [2.05, 4.69) is 0 Å². The Hall–Kier alpha value is -2.27. The molecule has 1 atom stereocenters. The van der Waals surface area contributed by atoms with E-state index in [1.165, 1.54) is 0 Å². The van der Waals surface area contributed by atoms with Gasteiger partial charge in [0.05, 0.1) is 18.0 Å². The lowest BCUT2D eigenvalue weighted by molar-refractivity contribution is -0.132. The molecule has 1 heterocycles. The van der Waals surface area contributed by atoms with Crippen molar-refractivity contribution >= 4 is 23.6 Å². The van der Waals surface area contributed by atoms with Gasteiger partial charge in [0.25, 0.3) is 0 Å². The zero-order chi connectivity index (χ0) is 16.9. The highest BCUT2D eigenvalue weighted by atomic mass is 32.2. The molecule has 2 aromatic carbocycles. The highest BCUT2D eigenvalue weighted by Crippen LogP contribution is 2.30. The molecule has 0 spiro atoms. The third-order valence-corrected chi connectivity index (χ3v) is 5.25. The fourth-order valence-electron chi connectivity index (χ4n) is 3.00. The zero-order valence-electron chi connectivity index (χ0n) is 13.2. The van der Waals surface area contributed by atoms with Gasteiger partial charge in [-0.1, -0.05) is 48.5 Å². The van der Waals surface area contributed by atoms with Crippen molar-refractivity contribution in [2.24, 2.45) is 0 Å². The second-order valence-electron chi connectivity index (χ2n) is 5.73. The maximum atomic E-state index is 12.8. The van der Waals surface area contributed by atoms with Gasteiger partial charge in [0.1, 0.15) is 0 Å². The smallest absolute Gasteiger partial charge is 0.335 e. The van der Waals surface area contributed by atoms with Crippen molar-refractivity contribution in [1.82, 2.24) is 4.90 Å². The number of hydrogen-bond acceptors (Lipinski definition) is 3. The second-order valence-corrected chi connectivity index (χ2v) is 6.88. The van der Waals surface area contributed by atoms with Crippen LogP contribution in [0.25, 0.3) is 0 Å². The van der Waals surface area contributed by atoms with Crippen LogP contribution >= 0.6 is 11.8 Å². The molecule has 24 heavy (non-hydrogen) atoms. The predicted octanol–water partition coefficient (Wildman–Crippen LogP) is 3.24. The zero-order valence-corrected chi connectivity index (χ0v) is 14.0. The summed E-state index contributed by atoms with van der Waals surface area (Å²) in [6.07, 6.45) is 0.122. The van der Waals surface area contributed by atoms with Crippen LogP contribution in [0.1, 0.15) is 27.5 Å². The van der Waals surface area contributed by atoms with E-state index >= 15 is 0 Å². The summed E-state index contributed by atoms with van der Waals surface area (Å²) in [6.45, 7) is 0.693. The molecule has 3 rings (SSSR count). The molecule has 1 amide bonds. The monoisotopic (exact) mass is 341 g/mol. The number of nitrogens with zero attached hydrogens (tertiary/aromatic N) is 1. The minimum Gasteiger partial charge on any atom is -0.478 e. The quantitative estimate of drug-likeness (QED) is 0.927. The van der Waals surface area contributed by atoms with Gasteiger partial charge in [-0.05, 0) is 17.2 Å². The van der Waals surface area contributed by atoms with Gasteiger partial charge < -0.3 is 10.0 Å². The van der Waals surface area contributed by atoms with Gasteiger partial charge >= 0.3 is 5.97 Å². The summed E-state index contributed by atoms with van der Waals surface area (Å²) in [5.41, 5.74) is 1.90. The number of amides is 1. The summed E-state index contributed by atoms with van der Waals surface area (Å²) in [4.78, 5) is 26.1. The largest absolute Gasteiger partial charge is 0.478 e. The van der Waals surface area contributed by atoms with E-state index in [1.807, 2.05) is 47.0 Å². The van der Waals surface area contributed by atoms with E-state index in [1.54, 1.807) is 24.3 Å². The topological polar surface area (TPSA) is 57.6 Å². The van der Waals surface area contributed by atoms with Crippen molar-refractivity contribution in [3.05, 3.63) is 71.3 Å². The molecule has 4 nitrogen and oxygen atoms in total. The molecule has 2 aromatic rings. The van der Waals surface area contributed by atoms with E-state index in [4.69, 9.17) is 0 Å². The Morgan fingerprint density at radius 3 is 2.54 bits per heavy atom. The molecule has 1 aliphatic heterocycles. The van der Waals surface area contributed by atoms with E-state index in [0.717, 1.165) is 17.1 Å². The fourth-order valence-corrected chi connectivity index (χ4v) is 4.09. The number of carbonyl (C=O) groups is 2. The number of carbonyl (C=O) groups excluding carboxylic acids is 1. The summed E-state index contributed by atoms with van der Waals surface area (Å²) in [7, 11) is 0. The SMILES string of the molecule is O=C(O)c1ccccc1CC(=O)N1CCSCC1c1ccccc1. The molecule has 0 aliphatic carbocycles. The highest BCUT2D eigenvalue weighted by molar-refractivity contribution is 7.99. The molecule has 1 aliphatic rings. The van der Waals surface area contributed by atoms with E-state index in [9.17, 15) is 14.7 Å². The van der Waals surface area contributed by atoms with Crippen LogP contribution in [0.4, 0.5) is 0 Å². The van der Waals surface area contributed by atoms with Crippen LogP contribution in [0.5, 0.6) is 0 Å². The van der Waals surface area contributed by atoms with Crippen molar-refractivity contribution < 1.29 is 14.7 Å². The first kappa shape index (κ1) is 16.6. The summed E-state index contributed by atoms with van der Waals surface area (Å²) in [5.74, 6) is 0.775. The Morgan fingerprint density at radius 2 is 1.79 bits per heavy atom. The van der Waals surface area contributed by atoms with Gasteiger partial charge in [0, 0.05) is 18.1 Å². The Kier molecular flexibility index (Phi) is 5.20. The van der Waals surface area contributed by atoms with Crippen LogP contribution in [0.15, 0.2) is 54.6 Å². The van der Waals surface area contributed by atoms with Gasteiger partial charge in [0.2, 0.25) is 5.91 Å². The molecular formula is C19H19NO3S. The number of benzene rings is 2. The van der Waals surface area contributed by atoms with Crippen molar-refractivity contribution in [2.75, 3.05) is 18.1 Å². The van der Waals surface area contributed by atoms with Crippen molar-refractivity contribution in [1.29, 1.82) is 0 Å². The van der Waals surface area contributed by atoms with Crippen LogP contribution in [-0.4, -0.2) is 39.9 Å². The number of carboxylic acid groups (broad SMARTS) is 1. The van der Waals surface area contributed by atoms with E-state index < -0.39 is 5.97 Å². The first-order chi connectivity index (χ1) is 11.7. The summed E-state index contributed by atoms with van der Waals surface area (Å²) < 4.78 is 0.